The Kier molecular flexibility index (Phi) is 6.23. The quantitative estimate of drug-likeness (QED) is 0.607. The molecule has 2 N–H and O–H groups in total. The number of imidazole rings is 1. The maximum absolute atomic E-state index is 13.0. The van der Waals surface area contributed by atoms with Gasteiger partial charge in [0.2, 0.25) is 5.62 Å². The standard InChI is InChI=1S/C22H21F3N4O4/c23-22(24,25)15-5-1-4-14(12-15)19(31)27-20-26-17-13-16(28-9-3-11-33-21(28)32)6-7-18(17)29(20)8-2-10-30/h1,4-7,12-13,30H,2-3,8-11H2,(H,26,27,31). The van der Waals surface area contributed by atoms with Crippen molar-refractivity contribution in [3.8, 4) is 0 Å². The lowest BCUT2D eigenvalue weighted by Crippen LogP contribution is -2.37. The number of ether oxygens (including phenoxy) is 1. The highest BCUT2D eigenvalue weighted by atomic mass is 19.4. The number of benzene rings is 2. The van der Waals surface area contributed by atoms with E-state index >= 15 is 0 Å². The summed E-state index contributed by atoms with van der Waals surface area (Å²) in [6.45, 7) is 1.08. The first-order chi connectivity index (χ1) is 15.8. The van der Waals surface area contributed by atoms with Crippen molar-refractivity contribution in [1.82, 2.24) is 9.55 Å². The number of aryl methyl sites for hydroxylation is 1. The number of hydrogen-bond donors (Lipinski definition) is 2. The Morgan fingerprint density at radius 2 is 2.03 bits per heavy atom. The van der Waals surface area contributed by atoms with Gasteiger partial charge < -0.3 is 19.4 Å². The van der Waals surface area contributed by atoms with Crippen LogP contribution >= 0.6 is 0 Å². The summed E-state index contributed by atoms with van der Waals surface area (Å²) in [7, 11) is 0. The van der Waals surface area contributed by atoms with Gasteiger partial charge in [-0.25, -0.2) is 4.79 Å². The van der Waals surface area contributed by atoms with Gasteiger partial charge in [-0.15, -0.1) is 0 Å². The fraction of sp³-hybridized carbons (Fsp3) is 0.318. The number of amides is 2. The molecular weight excluding hydrogens is 441 g/mol. The molecule has 1 fully saturated rings. The van der Waals surface area contributed by atoms with E-state index in [1.54, 1.807) is 22.8 Å². The van der Waals surface area contributed by atoms with Crippen LogP contribution in [0.15, 0.2) is 47.5 Å². The van der Waals surface area contributed by atoms with E-state index in [1.165, 1.54) is 11.0 Å². The predicted octanol–water partition coefficient (Wildman–Crippen LogP) is 3.46. The highest BCUT2D eigenvalue weighted by Gasteiger charge is 2.31. The second-order valence-corrected chi connectivity index (χ2v) is 7.49. The van der Waals surface area contributed by atoms with Crippen molar-refractivity contribution in [2.24, 2.45) is 4.99 Å². The summed E-state index contributed by atoms with van der Waals surface area (Å²) in [5.41, 5.74) is 0.811. The lowest BCUT2D eigenvalue weighted by molar-refractivity contribution is -0.137. The highest BCUT2D eigenvalue weighted by molar-refractivity contribution is 5.95. The van der Waals surface area contributed by atoms with Gasteiger partial charge in [-0.3, -0.25) is 9.69 Å². The molecule has 8 nitrogen and oxygen atoms in total. The van der Waals surface area contributed by atoms with Crippen LogP contribution in [0.25, 0.3) is 11.0 Å². The summed E-state index contributed by atoms with van der Waals surface area (Å²) < 4.78 is 45.8. The summed E-state index contributed by atoms with van der Waals surface area (Å²) in [6.07, 6.45) is -3.97. The smallest absolute Gasteiger partial charge is 0.416 e. The second-order valence-electron chi connectivity index (χ2n) is 7.49. The minimum absolute atomic E-state index is 0.0988. The molecule has 0 spiro atoms. The molecule has 1 aromatic heterocycles. The topological polar surface area (TPSA) is 99.9 Å². The third kappa shape index (κ3) is 4.77. The van der Waals surface area contributed by atoms with Crippen LogP contribution in [0, 0.1) is 0 Å². The summed E-state index contributed by atoms with van der Waals surface area (Å²) >= 11 is 0. The van der Waals surface area contributed by atoms with E-state index < -0.39 is 23.7 Å². The molecule has 11 heteroatoms. The number of nitrogens with zero attached hydrogens (tertiary/aromatic N) is 3. The normalized spacial score (nSPS) is 15.2. The van der Waals surface area contributed by atoms with Crippen LogP contribution in [0.1, 0.15) is 28.8 Å². The van der Waals surface area contributed by atoms with Crippen LogP contribution in [0.3, 0.4) is 0 Å². The molecule has 1 saturated heterocycles. The average molecular weight is 462 g/mol. The Bertz CT molecular complexity index is 1260. The van der Waals surface area contributed by atoms with Crippen molar-refractivity contribution in [2.75, 3.05) is 24.7 Å². The van der Waals surface area contributed by atoms with Crippen LogP contribution in [0.4, 0.5) is 23.7 Å². The molecule has 1 aliphatic heterocycles. The number of aliphatic hydroxyl groups is 1. The molecule has 0 saturated carbocycles. The number of aliphatic hydroxyl groups excluding tert-OH is 1. The SMILES string of the molecule is O=C(/N=c1\[nH]c2cc(N3CCCOC3=O)ccc2n1CCCO)c1cccc(C(F)(F)F)c1. The average Bonchev–Trinajstić information content (AvgIpc) is 3.13. The first kappa shape index (κ1) is 22.6. The maximum Gasteiger partial charge on any atom is 0.416 e. The minimum Gasteiger partial charge on any atom is -0.449 e. The number of nitrogens with one attached hydrogen (secondary N) is 1. The molecule has 1 aliphatic rings. The Labute approximate surface area is 185 Å². The number of aromatic amines is 1. The molecule has 2 amide bonds. The van der Waals surface area contributed by atoms with E-state index in [0.29, 0.717) is 49.3 Å². The van der Waals surface area contributed by atoms with Gasteiger partial charge in [0.05, 0.1) is 23.2 Å². The Morgan fingerprint density at radius 1 is 1.21 bits per heavy atom. The van der Waals surface area contributed by atoms with Crippen molar-refractivity contribution in [1.29, 1.82) is 0 Å². The number of halogens is 3. The van der Waals surface area contributed by atoms with Crippen LogP contribution < -0.4 is 10.5 Å². The fourth-order valence-corrected chi connectivity index (χ4v) is 3.65. The number of alkyl halides is 3. The highest BCUT2D eigenvalue weighted by Crippen LogP contribution is 2.29. The largest absolute Gasteiger partial charge is 0.449 e. The van der Waals surface area contributed by atoms with E-state index in [4.69, 9.17) is 4.74 Å². The summed E-state index contributed by atoms with van der Waals surface area (Å²) in [5.74, 6) is -0.842. The molecule has 174 valence electrons. The van der Waals surface area contributed by atoms with Gasteiger partial charge in [-0.2, -0.15) is 18.2 Å². The van der Waals surface area contributed by atoms with E-state index in [2.05, 4.69) is 9.98 Å². The van der Waals surface area contributed by atoms with Gasteiger partial charge in [0.15, 0.2) is 0 Å². The molecule has 0 bridgehead atoms. The van der Waals surface area contributed by atoms with Crippen molar-refractivity contribution in [3.63, 3.8) is 0 Å². The van der Waals surface area contributed by atoms with Gasteiger partial charge in [-0.05, 0) is 49.2 Å². The number of anilines is 1. The number of aromatic nitrogens is 2. The number of carbonyl (C=O) groups is 2. The number of H-pyrrole nitrogens is 1. The molecule has 0 unspecified atom stereocenters. The molecule has 33 heavy (non-hydrogen) atoms. The third-order valence-electron chi connectivity index (χ3n) is 5.24. The molecule has 2 aromatic carbocycles. The van der Waals surface area contributed by atoms with Crippen molar-refractivity contribution < 1.29 is 32.6 Å². The van der Waals surface area contributed by atoms with Crippen molar-refractivity contribution in [2.45, 2.75) is 25.6 Å². The van der Waals surface area contributed by atoms with E-state index in [0.717, 1.165) is 18.2 Å². The number of fused-ring (bicyclic) bond motifs is 1. The zero-order chi connectivity index (χ0) is 23.6. The summed E-state index contributed by atoms with van der Waals surface area (Å²) in [4.78, 5) is 33.2. The minimum atomic E-state index is -4.58. The number of rotatable bonds is 5. The van der Waals surface area contributed by atoms with Crippen molar-refractivity contribution in [3.05, 3.63) is 59.2 Å². The van der Waals surface area contributed by atoms with Gasteiger partial charge in [0, 0.05) is 30.9 Å². The fourth-order valence-electron chi connectivity index (χ4n) is 3.65. The molecule has 2 heterocycles. The monoisotopic (exact) mass is 462 g/mol. The maximum atomic E-state index is 13.0. The van der Waals surface area contributed by atoms with E-state index in [9.17, 15) is 27.9 Å². The van der Waals surface area contributed by atoms with Crippen LogP contribution in [0.2, 0.25) is 0 Å². The lowest BCUT2D eigenvalue weighted by Gasteiger charge is -2.26. The Hall–Kier alpha value is -3.60. The Balaban J connectivity index is 1.76. The first-order valence-electron chi connectivity index (χ1n) is 10.3. The number of carbonyl (C=O) groups excluding carboxylic acids is 2. The summed E-state index contributed by atoms with van der Waals surface area (Å²) in [5, 5.41) is 9.25. The molecule has 0 aliphatic carbocycles. The zero-order valence-corrected chi connectivity index (χ0v) is 17.4. The summed E-state index contributed by atoms with van der Waals surface area (Å²) in [6, 6.07) is 9.25. The zero-order valence-electron chi connectivity index (χ0n) is 17.4. The number of cyclic esters (lactones) is 1. The van der Waals surface area contributed by atoms with E-state index in [-0.39, 0.29) is 17.8 Å². The predicted molar refractivity (Wildman–Crippen MR) is 113 cm³/mol. The van der Waals surface area contributed by atoms with Gasteiger partial charge in [0.25, 0.3) is 5.91 Å². The molecule has 3 aromatic rings. The van der Waals surface area contributed by atoms with Gasteiger partial charge in [-0.1, -0.05) is 6.07 Å². The number of hydrogen-bond acceptors (Lipinski definition) is 4. The van der Waals surface area contributed by atoms with Crippen LogP contribution in [-0.2, 0) is 17.5 Å². The van der Waals surface area contributed by atoms with Crippen LogP contribution in [-0.4, -0.2) is 46.4 Å². The van der Waals surface area contributed by atoms with Crippen LogP contribution in [0.5, 0.6) is 0 Å². The second kappa shape index (κ2) is 9.10. The molecule has 0 radical (unpaired) electrons. The first-order valence-corrected chi connectivity index (χ1v) is 10.3. The molecule has 0 atom stereocenters. The van der Waals surface area contributed by atoms with E-state index in [1.807, 2.05) is 0 Å². The lowest BCUT2D eigenvalue weighted by atomic mass is 10.1. The van der Waals surface area contributed by atoms with Gasteiger partial charge in [0.1, 0.15) is 0 Å². The molecular formula is C22H21F3N4O4. The Morgan fingerprint density at radius 3 is 2.76 bits per heavy atom. The third-order valence-corrected chi connectivity index (χ3v) is 5.24. The molecule has 4 rings (SSSR count). The van der Waals surface area contributed by atoms with Gasteiger partial charge >= 0.3 is 12.3 Å². The van der Waals surface area contributed by atoms with Crippen molar-refractivity contribution >= 4 is 28.7 Å².